The number of carbonyl (C=O) groups is 2. The van der Waals surface area contributed by atoms with Crippen molar-refractivity contribution in [1.82, 2.24) is 0 Å². The minimum Gasteiger partial charge on any atom is -0.497 e. The molecule has 0 aliphatic rings. The van der Waals surface area contributed by atoms with Gasteiger partial charge in [-0.3, -0.25) is 9.59 Å². The van der Waals surface area contributed by atoms with Crippen LogP contribution in [0.15, 0.2) is 48.5 Å². The van der Waals surface area contributed by atoms with Crippen molar-refractivity contribution in [2.24, 2.45) is 11.8 Å². The van der Waals surface area contributed by atoms with Gasteiger partial charge in [0.25, 0.3) is 0 Å². The number of esters is 2. The molecule has 0 saturated carbocycles. The summed E-state index contributed by atoms with van der Waals surface area (Å²) in [7, 11) is 1.61. The maximum atomic E-state index is 12.2. The number of rotatable bonds is 10. The minimum absolute atomic E-state index is 0.224. The Balaban J connectivity index is 1.69. The predicted octanol–water partition coefficient (Wildman–Crippen LogP) is 4.84. The molecule has 0 aliphatic carbocycles. The fourth-order valence-corrected chi connectivity index (χ4v) is 2.74. The van der Waals surface area contributed by atoms with E-state index in [1.165, 1.54) is 5.56 Å². The van der Waals surface area contributed by atoms with Crippen LogP contribution in [-0.2, 0) is 32.3 Å². The Morgan fingerprint density at radius 3 is 1.59 bits per heavy atom. The largest absolute Gasteiger partial charge is 0.497 e. The van der Waals surface area contributed by atoms with Crippen molar-refractivity contribution in [1.29, 1.82) is 0 Å². The molecule has 0 N–H and O–H groups in total. The summed E-state index contributed by atoms with van der Waals surface area (Å²) in [4.78, 5) is 24.4. The lowest BCUT2D eigenvalue weighted by Gasteiger charge is -2.15. The van der Waals surface area contributed by atoms with Crippen LogP contribution < -0.4 is 4.74 Å². The molecule has 29 heavy (non-hydrogen) atoms. The summed E-state index contributed by atoms with van der Waals surface area (Å²) in [5.74, 6) is -0.292. The second-order valence-corrected chi connectivity index (χ2v) is 7.43. The normalized spacial score (nSPS) is 12.7. The molecule has 0 aliphatic heterocycles. The molecule has 156 valence electrons. The summed E-state index contributed by atoms with van der Waals surface area (Å²) in [6.07, 6.45) is 1.15. The first kappa shape index (κ1) is 22.5. The molecule has 0 fully saturated rings. The van der Waals surface area contributed by atoms with Crippen LogP contribution in [0.4, 0.5) is 0 Å². The van der Waals surface area contributed by atoms with E-state index in [4.69, 9.17) is 14.2 Å². The number of benzene rings is 2. The summed E-state index contributed by atoms with van der Waals surface area (Å²) in [5, 5.41) is 0. The Labute approximate surface area is 173 Å². The van der Waals surface area contributed by atoms with Crippen LogP contribution in [0.1, 0.15) is 43.4 Å². The van der Waals surface area contributed by atoms with Crippen molar-refractivity contribution < 1.29 is 23.8 Å². The lowest BCUT2D eigenvalue weighted by molar-refractivity contribution is -0.152. The zero-order valence-corrected chi connectivity index (χ0v) is 17.6. The third-order valence-electron chi connectivity index (χ3n) is 4.88. The van der Waals surface area contributed by atoms with E-state index in [0.717, 1.165) is 16.9 Å². The third kappa shape index (κ3) is 7.60. The monoisotopic (exact) mass is 398 g/mol. The highest BCUT2D eigenvalue weighted by Gasteiger charge is 2.20. The number of ether oxygens (including phenoxy) is 3. The zero-order chi connectivity index (χ0) is 21.2. The minimum atomic E-state index is -0.277. The van der Waals surface area contributed by atoms with Gasteiger partial charge in [-0.2, -0.15) is 0 Å². The van der Waals surface area contributed by atoms with Crippen molar-refractivity contribution in [3.8, 4) is 5.75 Å². The topological polar surface area (TPSA) is 61.8 Å². The van der Waals surface area contributed by atoms with Crippen molar-refractivity contribution in [3.05, 3.63) is 65.2 Å². The molecular weight excluding hydrogens is 368 g/mol. The van der Waals surface area contributed by atoms with Crippen LogP contribution in [0.2, 0.25) is 0 Å². The molecule has 0 spiro atoms. The molecule has 2 unspecified atom stereocenters. The average Bonchev–Trinajstić information content (AvgIpc) is 2.75. The van der Waals surface area contributed by atoms with Gasteiger partial charge in [-0.05, 0) is 43.0 Å². The van der Waals surface area contributed by atoms with Crippen LogP contribution in [0, 0.1) is 18.8 Å². The lowest BCUT2D eigenvalue weighted by atomic mass is 9.98. The number of hydrogen-bond donors (Lipinski definition) is 0. The maximum absolute atomic E-state index is 12.2. The van der Waals surface area contributed by atoms with Crippen molar-refractivity contribution in [2.75, 3.05) is 7.11 Å². The van der Waals surface area contributed by atoms with Crippen LogP contribution in [0.5, 0.6) is 5.75 Å². The quantitative estimate of drug-likeness (QED) is 0.536. The molecule has 0 amide bonds. The Morgan fingerprint density at radius 2 is 1.17 bits per heavy atom. The Bertz CT molecular complexity index is 780. The number of methoxy groups -OCH3 is 1. The second kappa shape index (κ2) is 11.2. The molecule has 0 radical (unpaired) electrons. The van der Waals surface area contributed by atoms with Gasteiger partial charge in [0.05, 0.1) is 18.9 Å². The van der Waals surface area contributed by atoms with Gasteiger partial charge >= 0.3 is 11.9 Å². The highest BCUT2D eigenvalue weighted by Crippen LogP contribution is 2.17. The third-order valence-corrected chi connectivity index (χ3v) is 4.88. The molecule has 0 bridgehead atoms. The SMILES string of the molecule is COc1ccc(COC(=O)C(C)CCC(C)C(=O)OCc2ccc(C)cc2)cc1. The van der Waals surface area contributed by atoms with Gasteiger partial charge in [-0.1, -0.05) is 55.8 Å². The van der Waals surface area contributed by atoms with Crippen molar-refractivity contribution >= 4 is 11.9 Å². The second-order valence-electron chi connectivity index (χ2n) is 7.43. The highest BCUT2D eigenvalue weighted by atomic mass is 16.5. The number of carbonyl (C=O) groups excluding carboxylic acids is 2. The van der Waals surface area contributed by atoms with E-state index in [1.54, 1.807) is 7.11 Å². The molecule has 0 saturated heterocycles. The molecule has 2 aromatic carbocycles. The molecule has 2 aromatic rings. The number of aryl methyl sites for hydroxylation is 1. The van der Waals surface area contributed by atoms with Crippen molar-refractivity contribution in [2.45, 2.75) is 46.8 Å². The van der Waals surface area contributed by atoms with E-state index >= 15 is 0 Å². The maximum Gasteiger partial charge on any atom is 0.308 e. The first-order valence-electron chi connectivity index (χ1n) is 9.90. The average molecular weight is 398 g/mol. The lowest BCUT2D eigenvalue weighted by Crippen LogP contribution is -2.19. The Morgan fingerprint density at radius 1 is 0.759 bits per heavy atom. The first-order valence-corrected chi connectivity index (χ1v) is 9.90. The fourth-order valence-electron chi connectivity index (χ4n) is 2.74. The van der Waals surface area contributed by atoms with Gasteiger partial charge in [-0.15, -0.1) is 0 Å². The van der Waals surface area contributed by atoms with Crippen molar-refractivity contribution in [3.63, 3.8) is 0 Å². The Hall–Kier alpha value is -2.82. The van der Waals surface area contributed by atoms with Crippen LogP contribution in [-0.4, -0.2) is 19.0 Å². The summed E-state index contributed by atoms with van der Waals surface area (Å²) in [5.41, 5.74) is 3.03. The molecule has 5 nitrogen and oxygen atoms in total. The summed E-state index contributed by atoms with van der Waals surface area (Å²) < 4.78 is 15.9. The standard InChI is InChI=1S/C24H30O5/c1-17-5-9-20(10-6-17)15-28-23(25)18(2)7-8-19(3)24(26)29-16-21-11-13-22(27-4)14-12-21/h5-6,9-14,18-19H,7-8,15-16H2,1-4H3. The van der Waals surface area contributed by atoms with Gasteiger partial charge in [-0.25, -0.2) is 0 Å². The number of hydrogen-bond acceptors (Lipinski definition) is 5. The molecule has 2 atom stereocenters. The van der Waals surface area contributed by atoms with E-state index in [9.17, 15) is 9.59 Å². The van der Waals surface area contributed by atoms with Gasteiger partial charge in [0.15, 0.2) is 0 Å². The molecule has 0 aromatic heterocycles. The molecule has 2 rings (SSSR count). The highest BCUT2D eigenvalue weighted by molar-refractivity contribution is 5.73. The van der Waals surface area contributed by atoms with Crippen LogP contribution >= 0.6 is 0 Å². The van der Waals surface area contributed by atoms with E-state index in [1.807, 2.05) is 69.3 Å². The fraction of sp³-hybridized carbons (Fsp3) is 0.417. The predicted molar refractivity (Wildman–Crippen MR) is 111 cm³/mol. The summed E-state index contributed by atoms with van der Waals surface area (Å²) in [6, 6.07) is 15.3. The smallest absolute Gasteiger partial charge is 0.308 e. The summed E-state index contributed by atoms with van der Waals surface area (Å²) >= 11 is 0. The first-order chi connectivity index (χ1) is 13.9. The van der Waals surface area contributed by atoms with E-state index in [2.05, 4.69) is 0 Å². The zero-order valence-electron chi connectivity index (χ0n) is 17.6. The van der Waals surface area contributed by atoms with Crippen LogP contribution in [0.3, 0.4) is 0 Å². The summed E-state index contributed by atoms with van der Waals surface area (Å²) in [6.45, 7) is 6.15. The van der Waals surface area contributed by atoms with Crippen LogP contribution in [0.25, 0.3) is 0 Å². The van der Waals surface area contributed by atoms with E-state index in [-0.39, 0.29) is 37.0 Å². The molecule has 5 heteroatoms. The van der Waals surface area contributed by atoms with Gasteiger partial charge in [0.1, 0.15) is 19.0 Å². The van der Waals surface area contributed by atoms with E-state index < -0.39 is 0 Å². The Kier molecular flexibility index (Phi) is 8.71. The van der Waals surface area contributed by atoms with Gasteiger partial charge in [0, 0.05) is 0 Å². The van der Waals surface area contributed by atoms with E-state index in [0.29, 0.717) is 12.8 Å². The molecule has 0 heterocycles. The molecular formula is C24H30O5. The van der Waals surface area contributed by atoms with Gasteiger partial charge in [0.2, 0.25) is 0 Å². The van der Waals surface area contributed by atoms with Gasteiger partial charge < -0.3 is 14.2 Å².